The van der Waals surface area contributed by atoms with Crippen molar-refractivity contribution in [2.24, 2.45) is 5.92 Å². The van der Waals surface area contributed by atoms with E-state index in [2.05, 4.69) is 13.8 Å². The Hall–Kier alpha value is -1.31. The minimum atomic E-state index is 0.273. The van der Waals surface area contributed by atoms with Gasteiger partial charge < -0.3 is 4.74 Å². The van der Waals surface area contributed by atoms with Crippen LogP contribution in [0.15, 0.2) is 18.2 Å². The Morgan fingerprint density at radius 1 is 1.25 bits per heavy atom. The monoisotopic (exact) mass is 274 g/mol. The number of fused-ring (bicyclic) bond motifs is 1. The number of unbranched alkanes of at least 4 members (excludes halogenated alkanes) is 1. The highest BCUT2D eigenvalue weighted by molar-refractivity contribution is 5.99. The fourth-order valence-corrected chi connectivity index (χ4v) is 2.89. The van der Waals surface area contributed by atoms with Crippen LogP contribution in [-0.2, 0) is 6.42 Å². The van der Waals surface area contributed by atoms with Gasteiger partial charge in [-0.2, -0.15) is 0 Å². The highest BCUT2D eigenvalue weighted by atomic mass is 16.5. The largest absolute Gasteiger partial charge is 0.493 e. The molecular weight excluding hydrogens is 248 g/mol. The first kappa shape index (κ1) is 15.1. The van der Waals surface area contributed by atoms with Crippen molar-refractivity contribution in [3.8, 4) is 5.75 Å². The highest BCUT2D eigenvalue weighted by Crippen LogP contribution is 2.30. The molecule has 0 spiro atoms. The summed E-state index contributed by atoms with van der Waals surface area (Å²) in [4.78, 5) is 11.9. The van der Waals surface area contributed by atoms with Gasteiger partial charge in [-0.3, -0.25) is 4.79 Å². The fraction of sp³-hybridized carbons (Fsp3) is 0.611. The minimum absolute atomic E-state index is 0.273. The summed E-state index contributed by atoms with van der Waals surface area (Å²) in [6, 6.07) is 5.91. The number of carbonyl (C=O) groups is 1. The first-order chi connectivity index (χ1) is 9.76. The molecule has 0 N–H and O–H groups in total. The Bertz CT molecular complexity index is 451. The molecule has 0 aromatic heterocycles. The molecule has 1 aromatic rings. The Balaban J connectivity index is 2.02. The van der Waals surface area contributed by atoms with E-state index in [1.54, 1.807) is 0 Å². The molecule has 1 aliphatic rings. The second-order valence-corrected chi connectivity index (χ2v) is 5.79. The molecule has 2 nitrogen and oxygen atoms in total. The maximum absolute atomic E-state index is 11.9. The van der Waals surface area contributed by atoms with Crippen LogP contribution in [0, 0.1) is 5.92 Å². The van der Waals surface area contributed by atoms with Gasteiger partial charge in [0.1, 0.15) is 5.75 Å². The molecule has 110 valence electrons. The Labute approximate surface area is 122 Å². The normalized spacial score (nSPS) is 15.8. The predicted molar refractivity (Wildman–Crippen MR) is 82.5 cm³/mol. The van der Waals surface area contributed by atoms with Crippen LogP contribution in [0.2, 0.25) is 0 Å². The van der Waals surface area contributed by atoms with Crippen molar-refractivity contribution in [3.63, 3.8) is 0 Å². The molecule has 0 fully saturated rings. The van der Waals surface area contributed by atoms with Crippen LogP contribution in [-0.4, -0.2) is 12.4 Å². The number of ether oxygens (including phenoxy) is 1. The molecular formula is C18H26O2. The predicted octanol–water partition coefficient (Wildman–Crippen LogP) is 4.80. The summed E-state index contributed by atoms with van der Waals surface area (Å²) in [5.74, 6) is 1.84. The standard InChI is InChI=1S/C18H26O2/c1-3-5-8-14(4-2)13-20-18-12-7-9-15-16(18)10-6-11-17(15)19/h7,9,12,14H,3-6,8,10-11,13H2,1-2H3. The summed E-state index contributed by atoms with van der Waals surface area (Å²) in [6.45, 7) is 5.24. The number of hydrogen-bond donors (Lipinski definition) is 0. The average molecular weight is 274 g/mol. The Morgan fingerprint density at radius 2 is 2.10 bits per heavy atom. The van der Waals surface area contributed by atoms with E-state index < -0.39 is 0 Å². The summed E-state index contributed by atoms with van der Waals surface area (Å²) >= 11 is 0. The Kier molecular flexibility index (Phi) is 5.63. The lowest BCUT2D eigenvalue weighted by molar-refractivity contribution is 0.0971. The van der Waals surface area contributed by atoms with Crippen LogP contribution < -0.4 is 4.74 Å². The molecule has 0 amide bonds. The third-order valence-electron chi connectivity index (χ3n) is 4.28. The summed E-state index contributed by atoms with van der Waals surface area (Å²) in [6.07, 6.45) is 7.53. The zero-order valence-corrected chi connectivity index (χ0v) is 12.8. The zero-order valence-electron chi connectivity index (χ0n) is 12.8. The van der Waals surface area contributed by atoms with Crippen molar-refractivity contribution in [2.45, 2.75) is 58.8 Å². The Morgan fingerprint density at radius 3 is 2.85 bits per heavy atom. The first-order valence-corrected chi connectivity index (χ1v) is 8.04. The molecule has 0 bridgehead atoms. The lowest BCUT2D eigenvalue weighted by Gasteiger charge is -2.21. The molecule has 0 saturated heterocycles. The van der Waals surface area contributed by atoms with Gasteiger partial charge in [0.25, 0.3) is 0 Å². The summed E-state index contributed by atoms with van der Waals surface area (Å²) in [7, 11) is 0. The van der Waals surface area contributed by atoms with Crippen LogP contribution in [0.25, 0.3) is 0 Å². The third kappa shape index (κ3) is 3.62. The van der Waals surface area contributed by atoms with Crippen LogP contribution in [0.3, 0.4) is 0 Å². The topological polar surface area (TPSA) is 26.3 Å². The molecule has 2 rings (SSSR count). The maximum atomic E-state index is 11.9. The van der Waals surface area contributed by atoms with Crippen LogP contribution in [0.1, 0.15) is 68.3 Å². The van der Waals surface area contributed by atoms with Gasteiger partial charge in [0.05, 0.1) is 6.61 Å². The van der Waals surface area contributed by atoms with E-state index in [9.17, 15) is 4.79 Å². The van der Waals surface area contributed by atoms with Gasteiger partial charge in [0.15, 0.2) is 5.78 Å². The molecule has 2 heteroatoms. The summed E-state index contributed by atoms with van der Waals surface area (Å²) in [5.41, 5.74) is 2.02. The summed E-state index contributed by atoms with van der Waals surface area (Å²) < 4.78 is 6.05. The van der Waals surface area contributed by atoms with Crippen LogP contribution >= 0.6 is 0 Å². The van der Waals surface area contributed by atoms with E-state index in [-0.39, 0.29) is 5.78 Å². The number of benzene rings is 1. The summed E-state index contributed by atoms with van der Waals surface area (Å²) in [5, 5.41) is 0. The molecule has 1 atom stereocenters. The molecule has 1 unspecified atom stereocenters. The fourth-order valence-electron chi connectivity index (χ4n) is 2.89. The van der Waals surface area contributed by atoms with Gasteiger partial charge in [0.2, 0.25) is 0 Å². The zero-order chi connectivity index (χ0) is 14.4. The van der Waals surface area contributed by atoms with E-state index in [1.165, 1.54) is 19.3 Å². The van der Waals surface area contributed by atoms with Gasteiger partial charge >= 0.3 is 0 Å². The van der Waals surface area contributed by atoms with Crippen molar-refractivity contribution >= 4 is 5.78 Å². The van der Waals surface area contributed by atoms with Crippen molar-refractivity contribution in [1.82, 2.24) is 0 Å². The molecule has 0 aliphatic heterocycles. The van der Waals surface area contributed by atoms with Crippen molar-refractivity contribution < 1.29 is 9.53 Å². The van der Waals surface area contributed by atoms with Gasteiger partial charge in [-0.15, -0.1) is 0 Å². The van der Waals surface area contributed by atoms with Gasteiger partial charge in [-0.05, 0) is 31.2 Å². The quantitative estimate of drug-likeness (QED) is 0.714. The van der Waals surface area contributed by atoms with Crippen LogP contribution in [0.5, 0.6) is 5.75 Å². The van der Waals surface area contributed by atoms with Gasteiger partial charge in [-0.1, -0.05) is 45.2 Å². The smallest absolute Gasteiger partial charge is 0.163 e. The molecule has 1 aromatic carbocycles. The SMILES string of the molecule is CCCCC(CC)COc1cccc2c1CCCC2=O. The van der Waals surface area contributed by atoms with Crippen molar-refractivity contribution in [2.75, 3.05) is 6.61 Å². The second kappa shape index (κ2) is 7.47. The second-order valence-electron chi connectivity index (χ2n) is 5.79. The van der Waals surface area contributed by atoms with E-state index in [0.717, 1.165) is 42.7 Å². The van der Waals surface area contributed by atoms with E-state index in [4.69, 9.17) is 4.74 Å². The van der Waals surface area contributed by atoms with E-state index in [1.807, 2.05) is 18.2 Å². The van der Waals surface area contributed by atoms with Crippen LogP contribution in [0.4, 0.5) is 0 Å². The van der Waals surface area contributed by atoms with E-state index >= 15 is 0 Å². The maximum Gasteiger partial charge on any atom is 0.163 e. The molecule has 20 heavy (non-hydrogen) atoms. The first-order valence-electron chi connectivity index (χ1n) is 8.04. The molecule has 1 aliphatic carbocycles. The van der Waals surface area contributed by atoms with Crippen molar-refractivity contribution in [1.29, 1.82) is 0 Å². The molecule has 0 radical (unpaired) electrons. The van der Waals surface area contributed by atoms with Gasteiger partial charge in [-0.25, -0.2) is 0 Å². The van der Waals surface area contributed by atoms with Crippen molar-refractivity contribution in [3.05, 3.63) is 29.3 Å². The lowest BCUT2D eigenvalue weighted by Crippen LogP contribution is -2.15. The van der Waals surface area contributed by atoms with Gasteiger partial charge in [0, 0.05) is 17.5 Å². The number of ketones is 1. The number of Topliss-reactive ketones (excluding diaryl/α,β-unsaturated/α-hetero) is 1. The molecule has 0 saturated carbocycles. The van der Waals surface area contributed by atoms with E-state index in [0.29, 0.717) is 12.3 Å². The number of carbonyl (C=O) groups excluding carboxylic acids is 1. The third-order valence-corrected chi connectivity index (χ3v) is 4.28. The lowest BCUT2D eigenvalue weighted by atomic mass is 9.90. The number of rotatable bonds is 7. The molecule has 0 heterocycles. The average Bonchev–Trinajstić information content (AvgIpc) is 2.48. The minimum Gasteiger partial charge on any atom is -0.493 e. The number of hydrogen-bond acceptors (Lipinski definition) is 2. The highest BCUT2D eigenvalue weighted by Gasteiger charge is 2.20.